The zero-order valence-corrected chi connectivity index (χ0v) is 7.92. The van der Waals surface area contributed by atoms with Crippen LogP contribution < -0.4 is 5.73 Å². The van der Waals surface area contributed by atoms with Crippen molar-refractivity contribution in [2.75, 3.05) is 19.0 Å². The maximum absolute atomic E-state index is 11.7. The van der Waals surface area contributed by atoms with Crippen LogP contribution in [0, 0.1) is 6.92 Å². The zero-order valence-electron chi connectivity index (χ0n) is 7.92. The van der Waals surface area contributed by atoms with E-state index >= 15 is 0 Å². The molecule has 1 aromatic carbocycles. The number of hydrogen-bond donors (Lipinski definition) is 1. The topological polar surface area (TPSA) is 52.3 Å². The number of rotatable bonds is 3. The Labute approximate surface area is 81.7 Å². The molecule has 0 aliphatic rings. The summed E-state index contributed by atoms with van der Waals surface area (Å²) in [7, 11) is 0. The van der Waals surface area contributed by atoms with Gasteiger partial charge in [-0.15, -0.1) is 0 Å². The lowest BCUT2D eigenvalue weighted by molar-refractivity contribution is 0.0481. The fraction of sp³-hybridized carbons (Fsp3) is 0.300. The van der Waals surface area contributed by atoms with E-state index in [2.05, 4.69) is 4.74 Å². The fourth-order valence-corrected chi connectivity index (χ4v) is 1.02. The molecule has 3 nitrogen and oxygen atoms in total. The van der Waals surface area contributed by atoms with Crippen molar-refractivity contribution in [2.24, 2.45) is 0 Å². The number of carbonyl (C=O) groups excluding carboxylic acids is 1. The van der Waals surface area contributed by atoms with Gasteiger partial charge in [-0.25, -0.2) is 9.18 Å². The van der Waals surface area contributed by atoms with E-state index in [9.17, 15) is 9.18 Å². The molecule has 0 radical (unpaired) electrons. The number of ether oxygens (including phenoxy) is 1. The summed E-state index contributed by atoms with van der Waals surface area (Å²) in [4.78, 5) is 11.2. The molecule has 0 spiro atoms. The first-order valence-corrected chi connectivity index (χ1v) is 4.24. The lowest BCUT2D eigenvalue weighted by Gasteiger charge is -2.04. The number of benzene rings is 1. The Kier molecular flexibility index (Phi) is 3.45. The Balaban J connectivity index is 2.76. The SMILES string of the molecule is Cc1cc(C(=O)OCCF)ccc1N. The Hall–Kier alpha value is -1.58. The average molecular weight is 197 g/mol. The van der Waals surface area contributed by atoms with E-state index < -0.39 is 12.6 Å². The van der Waals surface area contributed by atoms with Gasteiger partial charge < -0.3 is 10.5 Å². The molecule has 1 rings (SSSR count). The van der Waals surface area contributed by atoms with E-state index in [1.165, 1.54) is 0 Å². The minimum Gasteiger partial charge on any atom is -0.459 e. The molecule has 0 unspecified atom stereocenters. The van der Waals surface area contributed by atoms with Crippen LogP contribution in [0.1, 0.15) is 15.9 Å². The quantitative estimate of drug-likeness (QED) is 0.592. The lowest BCUT2D eigenvalue weighted by atomic mass is 10.1. The van der Waals surface area contributed by atoms with Gasteiger partial charge in [0.05, 0.1) is 5.56 Å². The van der Waals surface area contributed by atoms with Crippen molar-refractivity contribution in [3.05, 3.63) is 29.3 Å². The molecule has 2 N–H and O–H groups in total. The van der Waals surface area contributed by atoms with Crippen LogP contribution in [0.3, 0.4) is 0 Å². The van der Waals surface area contributed by atoms with Crippen molar-refractivity contribution in [3.63, 3.8) is 0 Å². The Morgan fingerprint density at radius 1 is 1.57 bits per heavy atom. The van der Waals surface area contributed by atoms with Crippen molar-refractivity contribution < 1.29 is 13.9 Å². The first-order chi connectivity index (χ1) is 6.65. The number of carbonyl (C=O) groups is 1. The normalized spacial score (nSPS) is 9.86. The highest BCUT2D eigenvalue weighted by Crippen LogP contribution is 2.13. The molecule has 0 saturated carbocycles. The Morgan fingerprint density at radius 2 is 2.29 bits per heavy atom. The van der Waals surface area contributed by atoms with Crippen LogP contribution in [0.5, 0.6) is 0 Å². The summed E-state index contributed by atoms with van der Waals surface area (Å²) < 4.78 is 16.3. The fourth-order valence-electron chi connectivity index (χ4n) is 1.02. The highest BCUT2D eigenvalue weighted by Gasteiger charge is 2.07. The third-order valence-corrected chi connectivity index (χ3v) is 1.82. The van der Waals surface area contributed by atoms with Crippen molar-refractivity contribution >= 4 is 11.7 Å². The van der Waals surface area contributed by atoms with Crippen LogP contribution in [0.4, 0.5) is 10.1 Å². The van der Waals surface area contributed by atoms with Gasteiger partial charge in [0.25, 0.3) is 0 Å². The van der Waals surface area contributed by atoms with Gasteiger partial charge in [0.1, 0.15) is 13.3 Å². The molecule has 0 aliphatic heterocycles. The van der Waals surface area contributed by atoms with Gasteiger partial charge in [-0.05, 0) is 30.7 Å². The van der Waals surface area contributed by atoms with E-state index in [1.54, 1.807) is 25.1 Å². The second kappa shape index (κ2) is 4.60. The summed E-state index contributed by atoms with van der Waals surface area (Å²) in [6, 6.07) is 4.81. The van der Waals surface area contributed by atoms with E-state index in [1.807, 2.05) is 0 Å². The minimum absolute atomic E-state index is 0.206. The third-order valence-electron chi connectivity index (χ3n) is 1.82. The average Bonchev–Trinajstić information content (AvgIpc) is 2.18. The minimum atomic E-state index is -0.667. The summed E-state index contributed by atoms with van der Waals surface area (Å²) in [6.07, 6.45) is 0. The van der Waals surface area contributed by atoms with Gasteiger partial charge >= 0.3 is 5.97 Å². The van der Waals surface area contributed by atoms with Gasteiger partial charge in [-0.3, -0.25) is 0 Å². The van der Waals surface area contributed by atoms with Crippen LogP contribution in [0.15, 0.2) is 18.2 Å². The van der Waals surface area contributed by atoms with E-state index in [0.717, 1.165) is 5.56 Å². The van der Waals surface area contributed by atoms with E-state index in [4.69, 9.17) is 5.73 Å². The largest absolute Gasteiger partial charge is 0.459 e. The number of hydrogen-bond acceptors (Lipinski definition) is 3. The predicted molar refractivity (Wildman–Crippen MR) is 51.8 cm³/mol. The van der Waals surface area contributed by atoms with Gasteiger partial charge in [0, 0.05) is 5.69 Å². The van der Waals surface area contributed by atoms with Crippen molar-refractivity contribution in [1.82, 2.24) is 0 Å². The molecule has 0 fully saturated rings. The second-order valence-corrected chi connectivity index (χ2v) is 2.90. The molecule has 0 aliphatic carbocycles. The summed E-state index contributed by atoms with van der Waals surface area (Å²) in [5, 5.41) is 0. The third kappa shape index (κ3) is 2.45. The zero-order chi connectivity index (χ0) is 10.6. The number of halogens is 1. The highest BCUT2D eigenvalue weighted by molar-refractivity contribution is 5.90. The predicted octanol–water partition coefficient (Wildman–Crippen LogP) is 1.70. The molecule has 0 amide bonds. The molecule has 76 valence electrons. The number of aryl methyl sites for hydroxylation is 1. The molecule has 0 saturated heterocycles. The molecule has 0 aromatic heterocycles. The molecular weight excluding hydrogens is 185 g/mol. The van der Waals surface area contributed by atoms with Crippen LogP contribution in [0.2, 0.25) is 0 Å². The van der Waals surface area contributed by atoms with Gasteiger partial charge in [0.15, 0.2) is 0 Å². The molecule has 1 aromatic rings. The number of nitrogen functional groups attached to an aromatic ring is 1. The first kappa shape index (κ1) is 10.5. The Bertz CT molecular complexity index is 339. The summed E-state index contributed by atoms with van der Waals surface area (Å²) in [6.45, 7) is 0.920. The monoisotopic (exact) mass is 197 g/mol. The summed E-state index contributed by atoms with van der Waals surface area (Å²) >= 11 is 0. The molecule has 0 atom stereocenters. The molecular formula is C10H12FNO2. The first-order valence-electron chi connectivity index (χ1n) is 4.24. The van der Waals surface area contributed by atoms with Crippen molar-refractivity contribution in [2.45, 2.75) is 6.92 Å². The second-order valence-electron chi connectivity index (χ2n) is 2.90. The maximum Gasteiger partial charge on any atom is 0.338 e. The number of alkyl halides is 1. The number of nitrogens with two attached hydrogens (primary N) is 1. The van der Waals surface area contributed by atoms with Crippen LogP contribution >= 0.6 is 0 Å². The van der Waals surface area contributed by atoms with E-state index in [-0.39, 0.29) is 6.61 Å². The van der Waals surface area contributed by atoms with Crippen molar-refractivity contribution in [1.29, 1.82) is 0 Å². The van der Waals surface area contributed by atoms with Crippen LogP contribution in [-0.2, 0) is 4.74 Å². The molecule has 0 bridgehead atoms. The Morgan fingerprint density at radius 3 is 2.86 bits per heavy atom. The number of anilines is 1. The standard InChI is InChI=1S/C10H12FNO2/c1-7-6-8(2-3-9(7)12)10(13)14-5-4-11/h2-3,6H,4-5,12H2,1H3. The molecule has 4 heteroatoms. The van der Waals surface area contributed by atoms with Crippen LogP contribution in [0.25, 0.3) is 0 Å². The van der Waals surface area contributed by atoms with E-state index in [0.29, 0.717) is 11.3 Å². The summed E-state index contributed by atoms with van der Waals surface area (Å²) in [5.74, 6) is -0.522. The number of esters is 1. The smallest absolute Gasteiger partial charge is 0.338 e. The van der Waals surface area contributed by atoms with Crippen molar-refractivity contribution in [3.8, 4) is 0 Å². The molecule has 0 heterocycles. The highest BCUT2D eigenvalue weighted by atomic mass is 19.1. The van der Waals surface area contributed by atoms with Gasteiger partial charge in [-0.2, -0.15) is 0 Å². The van der Waals surface area contributed by atoms with Gasteiger partial charge in [0.2, 0.25) is 0 Å². The maximum atomic E-state index is 11.7. The van der Waals surface area contributed by atoms with Gasteiger partial charge in [-0.1, -0.05) is 0 Å². The lowest BCUT2D eigenvalue weighted by Crippen LogP contribution is -2.08. The summed E-state index contributed by atoms with van der Waals surface area (Å²) in [5.41, 5.74) is 7.39. The van der Waals surface area contributed by atoms with Crippen LogP contribution in [-0.4, -0.2) is 19.3 Å². The molecule has 14 heavy (non-hydrogen) atoms.